The van der Waals surface area contributed by atoms with Gasteiger partial charge in [-0.3, -0.25) is 4.52 Å². The Labute approximate surface area is 249 Å². The molecule has 0 spiro atoms. The summed E-state index contributed by atoms with van der Waals surface area (Å²) in [4.78, 5) is 27.5. The van der Waals surface area contributed by atoms with Crippen LogP contribution >= 0.6 is 15.6 Å². The van der Waals surface area contributed by atoms with E-state index in [4.69, 9.17) is 19.0 Å². The van der Waals surface area contributed by atoms with Crippen molar-refractivity contribution < 1.29 is 47.6 Å². The average molecular weight is 633 g/mol. The van der Waals surface area contributed by atoms with Crippen LogP contribution in [0.2, 0.25) is 0 Å². The molecular weight excluding hydrogens is 570 g/mol. The van der Waals surface area contributed by atoms with Gasteiger partial charge in [0, 0.05) is 6.61 Å². The summed E-state index contributed by atoms with van der Waals surface area (Å²) in [5.41, 5.74) is -1.44. The van der Waals surface area contributed by atoms with Crippen molar-refractivity contribution >= 4 is 15.6 Å². The van der Waals surface area contributed by atoms with Crippen molar-refractivity contribution in [2.24, 2.45) is 5.41 Å². The van der Waals surface area contributed by atoms with E-state index in [0.29, 0.717) is 13.0 Å². The smallest absolute Gasteiger partial charge is 0.396 e. The highest BCUT2D eigenvalue weighted by Crippen LogP contribution is 2.58. The standard InChI is InChI=1S/C29H62O10P2/c1-3-5-7-9-11-13-15-17-19-21-23-28(37-24-22-20-18-16-14-12-10-8-6-4-2)29(25-30,26-31)27-38-41(35,36)39-40(32,33)34/h28,30-31H,3-27H2,1-2H3,(H,35,36)(H2,32,33,34). The molecule has 0 saturated carbocycles. The second-order valence-corrected chi connectivity index (χ2v) is 14.3. The van der Waals surface area contributed by atoms with Gasteiger partial charge < -0.3 is 29.6 Å². The predicted octanol–water partition coefficient (Wildman–Crippen LogP) is 7.80. The fourth-order valence-corrected chi connectivity index (χ4v) is 6.69. The molecule has 0 aliphatic rings. The first-order chi connectivity index (χ1) is 19.6. The number of rotatable bonds is 31. The van der Waals surface area contributed by atoms with Crippen molar-refractivity contribution in [1.82, 2.24) is 0 Å². The minimum absolute atomic E-state index is 0.413. The maximum atomic E-state index is 12.0. The van der Waals surface area contributed by atoms with Crippen molar-refractivity contribution in [3.05, 3.63) is 0 Å². The highest BCUT2D eigenvalue weighted by Gasteiger charge is 2.43. The molecule has 2 unspecified atom stereocenters. The van der Waals surface area contributed by atoms with Crippen molar-refractivity contribution in [3.8, 4) is 0 Å². The SMILES string of the molecule is CCCCCCCCCCCCOC(CCCCCCCCCCCC)C(CO)(CO)COP(=O)(O)OP(=O)(O)O. The summed E-state index contributed by atoms with van der Waals surface area (Å²) in [6.07, 6.45) is 23.1. The highest BCUT2D eigenvalue weighted by molar-refractivity contribution is 7.60. The zero-order valence-electron chi connectivity index (χ0n) is 25.9. The van der Waals surface area contributed by atoms with Gasteiger partial charge in [0.2, 0.25) is 0 Å². The lowest BCUT2D eigenvalue weighted by Crippen LogP contribution is -2.47. The summed E-state index contributed by atoms with van der Waals surface area (Å²) in [6.45, 7) is 2.99. The van der Waals surface area contributed by atoms with Crippen LogP contribution in [0.15, 0.2) is 0 Å². The summed E-state index contributed by atoms with van der Waals surface area (Å²) >= 11 is 0. The lowest BCUT2D eigenvalue weighted by Gasteiger charge is -2.37. The van der Waals surface area contributed by atoms with Crippen LogP contribution in [0.25, 0.3) is 0 Å². The van der Waals surface area contributed by atoms with E-state index < -0.39 is 47.0 Å². The summed E-state index contributed by atoms with van der Waals surface area (Å²) in [5.74, 6) is 0. The quantitative estimate of drug-likeness (QED) is 0.0376. The molecule has 10 nitrogen and oxygen atoms in total. The number of hydrogen-bond donors (Lipinski definition) is 5. The van der Waals surface area contributed by atoms with Crippen LogP contribution in [-0.2, 0) is 22.7 Å². The van der Waals surface area contributed by atoms with Crippen LogP contribution < -0.4 is 0 Å². The van der Waals surface area contributed by atoms with E-state index in [-0.39, 0.29) is 0 Å². The number of hydrogen-bond acceptors (Lipinski definition) is 7. The largest absolute Gasteiger partial charge is 0.481 e. The Morgan fingerprint density at radius 1 is 0.610 bits per heavy atom. The van der Waals surface area contributed by atoms with Crippen LogP contribution in [0.3, 0.4) is 0 Å². The molecule has 0 aliphatic carbocycles. The summed E-state index contributed by atoms with van der Waals surface area (Å²) < 4.78 is 37.9. The fraction of sp³-hybridized carbons (Fsp3) is 1.00. The van der Waals surface area contributed by atoms with Crippen molar-refractivity contribution in [2.75, 3.05) is 26.4 Å². The molecule has 0 aromatic carbocycles. The van der Waals surface area contributed by atoms with Crippen LogP contribution in [0.1, 0.15) is 149 Å². The molecule has 0 rings (SSSR count). The lowest BCUT2D eigenvalue weighted by atomic mass is 9.81. The topological polar surface area (TPSA) is 163 Å². The third-order valence-electron chi connectivity index (χ3n) is 7.67. The van der Waals surface area contributed by atoms with E-state index >= 15 is 0 Å². The summed E-state index contributed by atoms with van der Waals surface area (Å²) in [7, 11) is -10.4. The number of aliphatic hydroxyl groups excluding tert-OH is 2. The highest BCUT2D eigenvalue weighted by atomic mass is 31.3. The molecule has 0 aliphatic heterocycles. The molecule has 0 fully saturated rings. The lowest BCUT2D eigenvalue weighted by molar-refractivity contribution is -0.115. The number of phosphoric ester groups is 1. The first-order valence-electron chi connectivity index (χ1n) is 16.1. The minimum Gasteiger partial charge on any atom is -0.396 e. The van der Waals surface area contributed by atoms with Crippen molar-refractivity contribution in [2.45, 2.75) is 155 Å². The minimum atomic E-state index is -5.28. The van der Waals surface area contributed by atoms with E-state index in [0.717, 1.165) is 44.9 Å². The average Bonchev–Trinajstić information content (AvgIpc) is 2.91. The van der Waals surface area contributed by atoms with Crippen LogP contribution in [0.4, 0.5) is 0 Å². The summed E-state index contributed by atoms with van der Waals surface area (Å²) in [5, 5.41) is 20.5. The predicted molar refractivity (Wildman–Crippen MR) is 164 cm³/mol. The van der Waals surface area contributed by atoms with E-state index in [2.05, 4.69) is 18.2 Å². The molecular formula is C29H62O10P2. The molecule has 5 N–H and O–H groups in total. The zero-order chi connectivity index (χ0) is 30.9. The Morgan fingerprint density at radius 3 is 1.39 bits per heavy atom. The third-order valence-corrected chi connectivity index (χ3v) is 9.81. The van der Waals surface area contributed by atoms with Gasteiger partial charge in [-0.15, -0.1) is 0 Å². The third kappa shape index (κ3) is 23.2. The molecule has 41 heavy (non-hydrogen) atoms. The Hall–Kier alpha value is 0.140. The van der Waals surface area contributed by atoms with Crippen molar-refractivity contribution in [3.63, 3.8) is 0 Å². The Balaban J connectivity index is 4.84. The number of unbranched alkanes of at least 4 members (excludes halogenated alkanes) is 18. The molecule has 0 aromatic rings. The molecule has 0 amide bonds. The molecule has 0 bridgehead atoms. The Bertz CT molecular complexity index is 685. The number of phosphoric acid groups is 2. The van der Waals surface area contributed by atoms with Gasteiger partial charge in [-0.05, 0) is 12.8 Å². The number of ether oxygens (including phenoxy) is 1. The molecule has 0 radical (unpaired) electrons. The zero-order valence-corrected chi connectivity index (χ0v) is 27.7. The molecule has 12 heteroatoms. The Morgan fingerprint density at radius 2 is 1.00 bits per heavy atom. The van der Waals surface area contributed by atoms with Gasteiger partial charge in [-0.1, -0.05) is 136 Å². The first kappa shape index (κ1) is 41.1. The molecule has 0 aromatic heterocycles. The molecule has 0 heterocycles. The normalized spacial score (nSPS) is 14.8. The second-order valence-electron chi connectivity index (χ2n) is 11.5. The molecule has 248 valence electrons. The number of aliphatic hydroxyl groups is 2. The van der Waals surface area contributed by atoms with E-state index in [1.807, 2.05) is 0 Å². The molecule has 2 atom stereocenters. The maximum absolute atomic E-state index is 12.0. The van der Waals surface area contributed by atoms with Gasteiger partial charge >= 0.3 is 15.6 Å². The van der Waals surface area contributed by atoms with E-state index in [1.165, 1.54) is 83.5 Å². The maximum Gasteiger partial charge on any atom is 0.481 e. The van der Waals surface area contributed by atoms with Crippen LogP contribution in [0.5, 0.6) is 0 Å². The monoisotopic (exact) mass is 632 g/mol. The molecule has 0 saturated heterocycles. The van der Waals surface area contributed by atoms with Gasteiger partial charge in [0.05, 0.1) is 31.3 Å². The van der Waals surface area contributed by atoms with Gasteiger partial charge in [-0.25, -0.2) is 9.13 Å². The van der Waals surface area contributed by atoms with Crippen LogP contribution in [-0.4, -0.2) is 57.4 Å². The second kappa shape index (κ2) is 25.5. The van der Waals surface area contributed by atoms with Gasteiger partial charge in [0.1, 0.15) is 0 Å². The van der Waals surface area contributed by atoms with E-state index in [9.17, 15) is 24.2 Å². The van der Waals surface area contributed by atoms with Crippen molar-refractivity contribution in [1.29, 1.82) is 0 Å². The van der Waals surface area contributed by atoms with Gasteiger partial charge in [0.25, 0.3) is 0 Å². The van der Waals surface area contributed by atoms with Crippen LogP contribution in [0, 0.1) is 5.41 Å². The first-order valence-corrected chi connectivity index (χ1v) is 19.2. The van der Waals surface area contributed by atoms with E-state index in [1.54, 1.807) is 0 Å². The fourth-order valence-electron chi connectivity index (χ4n) is 5.00. The summed E-state index contributed by atoms with van der Waals surface area (Å²) in [6, 6.07) is 0. The van der Waals surface area contributed by atoms with Gasteiger partial charge in [0.15, 0.2) is 0 Å². The Kier molecular flexibility index (Phi) is 25.6. The van der Waals surface area contributed by atoms with Gasteiger partial charge in [-0.2, -0.15) is 4.31 Å².